The van der Waals surface area contributed by atoms with Gasteiger partial charge >= 0.3 is 0 Å². The fraction of sp³-hybridized carbons (Fsp3) is 0.500. The summed E-state index contributed by atoms with van der Waals surface area (Å²) in [4.78, 5) is 16.7. The molecule has 0 N–H and O–H groups in total. The minimum Gasteiger partial charge on any atom is -0.497 e. The van der Waals surface area contributed by atoms with Crippen molar-refractivity contribution in [1.82, 2.24) is 9.80 Å². The number of ether oxygens (including phenoxy) is 1. The van der Waals surface area contributed by atoms with Gasteiger partial charge in [0.05, 0.1) is 7.11 Å². The van der Waals surface area contributed by atoms with Crippen LogP contribution in [0.3, 0.4) is 0 Å². The number of likely N-dealkylation sites (N-methyl/N-ethyl adjacent to an activating group) is 2. The molecule has 0 aromatic heterocycles. The van der Waals surface area contributed by atoms with Crippen molar-refractivity contribution in [3.8, 4) is 5.75 Å². The van der Waals surface area contributed by atoms with Crippen molar-refractivity contribution in [2.24, 2.45) is 0 Å². The number of rotatable bonds is 5. The van der Waals surface area contributed by atoms with Gasteiger partial charge in [0.1, 0.15) is 5.75 Å². The lowest BCUT2D eigenvalue weighted by molar-refractivity contribution is -0.127. The molecule has 1 aromatic carbocycles. The molecule has 1 aliphatic rings. The Hall–Kier alpha value is -1.81. The predicted octanol–water partition coefficient (Wildman–Crippen LogP) is 2.52. The van der Waals surface area contributed by atoms with Crippen LogP contribution >= 0.6 is 0 Å². The third-order valence-electron chi connectivity index (χ3n) is 4.20. The highest BCUT2D eigenvalue weighted by molar-refractivity contribution is 5.94. The average Bonchev–Trinajstić information content (AvgIpc) is 2.55. The molecule has 0 radical (unpaired) electrons. The van der Waals surface area contributed by atoms with E-state index >= 15 is 0 Å². The first-order chi connectivity index (χ1) is 10.6. The van der Waals surface area contributed by atoms with E-state index in [-0.39, 0.29) is 11.8 Å². The molecular weight excluding hydrogens is 276 g/mol. The lowest BCUT2D eigenvalue weighted by Crippen LogP contribution is -2.39. The van der Waals surface area contributed by atoms with Gasteiger partial charge in [0.15, 0.2) is 0 Å². The molecule has 1 amide bonds. The Labute approximate surface area is 133 Å². The van der Waals surface area contributed by atoms with Crippen LogP contribution < -0.4 is 4.74 Å². The van der Waals surface area contributed by atoms with Crippen LogP contribution in [0.2, 0.25) is 0 Å². The van der Waals surface area contributed by atoms with E-state index in [0.717, 1.165) is 37.5 Å². The van der Waals surface area contributed by atoms with Crippen molar-refractivity contribution in [3.63, 3.8) is 0 Å². The summed E-state index contributed by atoms with van der Waals surface area (Å²) in [5.41, 5.74) is 2.08. The summed E-state index contributed by atoms with van der Waals surface area (Å²) in [6.07, 6.45) is 2.13. The monoisotopic (exact) mass is 302 g/mol. The third kappa shape index (κ3) is 3.69. The van der Waals surface area contributed by atoms with E-state index in [0.29, 0.717) is 0 Å². The maximum atomic E-state index is 12.6. The fourth-order valence-electron chi connectivity index (χ4n) is 2.97. The molecule has 0 aliphatic carbocycles. The van der Waals surface area contributed by atoms with Crippen LogP contribution in [0, 0.1) is 0 Å². The molecule has 1 aliphatic heterocycles. The number of hydrogen-bond donors (Lipinski definition) is 0. The highest BCUT2D eigenvalue weighted by Crippen LogP contribution is 2.27. The van der Waals surface area contributed by atoms with Gasteiger partial charge in [-0.05, 0) is 38.6 Å². The van der Waals surface area contributed by atoms with Crippen molar-refractivity contribution >= 4 is 5.91 Å². The number of benzene rings is 1. The summed E-state index contributed by atoms with van der Waals surface area (Å²) < 4.78 is 5.31. The smallest absolute Gasteiger partial charge is 0.250 e. The maximum Gasteiger partial charge on any atom is 0.250 e. The topological polar surface area (TPSA) is 32.8 Å². The van der Waals surface area contributed by atoms with Crippen molar-refractivity contribution in [1.29, 1.82) is 0 Å². The van der Waals surface area contributed by atoms with E-state index < -0.39 is 0 Å². The number of nitrogens with zero attached hydrogens (tertiary/aromatic N) is 2. The Bertz CT molecular complexity index is 550. The molecule has 4 nitrogen and oxygen atoms in total. The summed E-state index contributed by atoms with van der Waals surface area (Å²) in [6.45, 7) is 7.18. The summed E-state index contributed by atoms with van der Waals surface area (Å²) >= 11 is 0. The zero-order valence-corrected chi connectivity index (χ0v) is 14.0. The molecule has 4 heteroatoms. The first kappa shape index (κ1) is 16.6. The van der Waals surface area contributed by atoms with Crippen molar-refractivity contribution in [3.05, 3.63) is 41.5 Å². The minimum absolute atomic E-state index is 0.157. The number of carbonyl (C=O) groups excluding carboxylic acids is 1. The molecule has 1 aromatic rings. The van der Waals surface area contributed by atoms with Crippen molar-refractivity contribution in [2.45, 2.75) is 19.8 Å². The van der Waals surface area contributed by atoms with E-state index in [9.17, 15) is 4.79 Å². The number of amides is 1. The second-order valence-corrected chi connectivity index (χ2v) is 5.75. The molecule has 120 valence electrons. The van der Waals surface area contributed by atoms with Gasteiger partial charge in [-0.25, -0.2) is 0 Å². The summed E-state index contributed by atoms with van der Waals surface area (Å²) in [5, 5.41) is 0. The second-order valence-electron chi connectivity index (χ2n) is 5.75. The average molecular weight is 302 g/mol. The molecule has 22 heavy (non-hydrogen) atoms. The molecule has 2 rings (SSSR count). The van der Waals surface area contributed by atoms with Crippen LogP contribution in [0.1, 0.15) is 25.3 Å². The van der Waals surface area contributed by atoms with Gasteiger partial charge < -0.3 is 14.5 Å². The van der Waals surface area contributed by atoms with Gasteiger partial charge in [-0.15, -0.1) is 0 Å². The van der Waals surface area contributed by atoms with E-state index in [4.69, 9.17) is 4.74 Å². The third-order valence-corrected chi connectivity index (χ3v) is 4.20. The van der Waals surface area contributed by atoms with E-state index in [1.165, 1.54) is 5.56 Å². The molecule has 0 bridgehead atoms. The molecule has 0 saturated carbocycles. The quantitative estimate of drug-likeness (QED) is 0.838. The molecular formula is C18H26N2O2. The van der Waals surface area contributed by atoms with Gasteiger partial charge in [0.2, 0.25) is 0 Å². The van der Waals surface area contributed by atoms with Crippen molar-refractivity contribution in [2.75, 3.05) is 40.3 Å². The zero-order valence-electron chi connectivity index (χ0n) is 14.0. The number of hydrogen-bond acceptors (Lipinski definition) is 3. The number of methoxy groups -OCH3 is 1. The molecule has 0 saturated heterocycles. The maximum absolute atomic E-state index is 12.6. The van der Waals surface area contributed by atoms with E-state index in [1.807, 2.05) is 30.9 Å². The summed E-state index contributed by atoms with van der Waals surface area (Å²) in [5.74, 6) is 1.24. The largest absolute Gasteiger partial charge is 0.497 e. The first-order valence-corrected chi connectivity index (χ1v) is 7.91. The highest BCUT2D eigenvalue weighted by atomic mass is 16.5. The van der Waals surface area contributed by atoms with Crippen LogP contribution in [0.4, 0.5) is 0 Å². The zero-order chi connectivity index (χ0) is 16.1. The molecule has 0 spiro atoms. The van der Waals surface area contributed by atoms with Crippen LogP contribution in [0.5, 0.6) is 5.75 Å². The summed E-state index contributed by atoms with van der Waals surface area (Å²) in [7, 11) is 3.74. The first-order valence-electron chi connectivity index (χ1n) is 7.91. The molecule has 1 heterocycles. The fourth-order valence-corrected chi connectivity index (χ4v) is 2.97. The Balaban J connectivity index is 2.28. The molecule has 1 atom stereocenters. The van der Waals surface area contributed by atoms with Gasteiger partial charge in [-0.1, -0.05) is 18.2 Å². The lowest BCUT2D eigenvalue weighted by Gasteiger charge is -2.31. The standard InChI is InChI=1S/C18H26N2O2/c1-5-20(6-2)18(21)16-10-15(12-19(3)13-16)14-8-7-9-17(11-14)22-4/h7-11,15H,5-6,12-13H2,1-4H3. The van der Waals surface area contributed by atoms with Crippen LogP contribution in [0.15, 0.2) is 35.9 Å². The normalized spacial score (nSPS) is 18.7. The number of carbonyl (C=O) groups is 1. The molecule has 1 unspecified atom stereocenters. The Morgan fingerprint density at radius 1 is 1.36 bits per heavy atom. The predicted molar refractivity (Wildman–Crippen MR) is 89.2 cm³/mol. The Morgan fingerprint density at radius 3 is 2.73 bits per heavy atom. The van der Waals surface area contributed by atoms with Crippen LogP contribution in [-0.2, 0) is 4.79 Å². The van der Waals surface area contributed by atoms with Gasteiger partial charge in [0, 0.05) is 37.7 Å². The van der Waals surface area contributed by atoms with E-state index in [1.54, 1.807) is 7.11 Å². The minimum atomic E-state index is 0.157. The Morgan fingerprint density at radius 2 is 2.09 bits per heavy atom. The van der Waals surface area contributed by atoms with Gasteiger partial charge in [-0.2, -0.15) is 0 Å². The SMILES string of the molecule is CCN(CC)C(=O)C1=CC(c2cccc(OC)c2)CN(C)C1. The van der Waals surface area contributed by atoms with Crippen molar-refractivity contribution < 1.29 is 9.53 Å². The van der Waals surface area contributed by atoms with Gasteiger partial charge in [-0.3, -0.25) is 4.79 Å². The molecule has 0 fully saturated rings. The van der Waals surface area contributed by atoms with Crippen LogP contribution in [0.25, 0.3) is 0 Å². The summed E-state index contributed by atoms with van der Waals surface area (Å²) in [6, 6.07) is 8.10. The second kappa shape index (κ2) is 7.45. The lowest BCUT2D eigenvalue weighted by atomic mass is 9.92. The van der Waals surface area contributed by atoms with Gasteiger partial charge in [0.25, 0.3) is 5.91 Å². The van der Waals surface area contributed by atoms with E-state index in [2.05, 4.69) is 30.2 Å². The highest BCUT2D eigenvalue weighted by Gasteiger charge is 2.25. The van der Waals surface area contributed by atoms with Crippen LogP contribution in [-0.4, -0.2) is 56.0 Å². The Kier molecular flexibility index (Phi) is 5.61.